The molecule has 3 rings (SSSR count). The van der Waals surface area contributed by atoms with Crippen LogP contribution in [0.3, 0.4) is 0 Å². The van der Waals surface area contributed by atoms with Gasteiger partial charge in [0.05, 0.1) is 19.9 Å². The van der Waals surface area contributed by atoms with Gasteiger partial charge < -0.3 is 15.4 Å². The van der Waals surface area contributed by atoms with E-state index in [9.17, 15) is 0 Å². The van der Waals surface area contributed by atoms with Crippen LogP contribution in [0.2, 0.25) is 4.34 Å². The van der Waals surface area contributed by atoms with Gasteiger partial charge in [-0.3, -0.25) is 4.99 Å². The minimum atomic E-state index is 0.000829. The second-order valence-electron chi connectivity index (χ2n) is 4.29. The van der Waals surface area contributed by atoms with Crippen molar-refractivity contribution in [2.24, 2.45) is 10.7 Å². The van der Waals surface area contributed by atoms with Crippen molar-refractivity contribution in [3.8, 4) is 5.75 Å². The summed E-state index contributed by atoms with van der Waals surface area (Å²) in [5.41, 5.74) is 6.96. The predicted octanol–water partition coefficient (Wildman–Crippen LogP) is 2.68. The number of hydrogen-bond acceptors (Lipinski definition) is 6. The van der Waals surface area contributed by atoms with Gasteiger partial charge in [0, 0.05) is 5.69 Å². The Kier molecular flexibility index (Phi) is 3.50. The molecule has 7 heteroatoms. The highest BCUT2D eigenvalue weighted by molar-refractivity contribution is 7.15. The molecular weight excluding hydrogens is 296 g/mol. The Morgan fingerprint density at radius 1 is 1.40 bits per heavy atom. The van der Waals surface area contributed by atoms with E-state index >= 15 is 0 Å². The molecule has 104 valence electrons. The van der Waals surface area contributed by atoms with E-state index in [1.807, 2.05) is 29.2 Å². The normalized spacial score (nSPS) is 18.2. The number of hydrogen-bond donors (Lipinski definition) is 1. The van der Waals surface area contributed by atoms with Gasteiger partial charge in [0.2, 0.25) is 0 Å². The molecule has 0 amide bonds. The van der Waals surface area contributed by atoms with Crippen molar-refractivity contribution in [3.05, 3.63) is 39.8 Å². The van der Waals surface area contributed by atoms with Crippen molar-refractivity contribution >= 4 is 34.6 Å². The summed E-state index contributed by atoms with van der Waals surface area (Å²) in [5, 5.41) is 0.912. The maximum absolute atomic E-state index is 6.00. The topological polar surface area (TPSA) is 63.7 Å². The summed E-state index contributed by atoms with van der Waals surface area (Å²) in [6.45, 7) is 0.585. The molecule has 0 spiro atoms. The van der Waals surface area contributed by atoms with E-state index in [4.69, 9.17) is 22.1 Å². The van der Waals surface area contributed by atoms with Gasteiger partial charge in [-0.05, 0) is 24.3 Å². The molecule has 20 heavy (non-hydrogen) atoms. The van der Waals surface area contributed by atoms with Gasteiger partial charge in [0.15, 0.2) is 5.96 Å². The van der Waals surface area contributed by atoms with Gasteiger partial charge in [-0.15, -0.1) is 11.3 Å². The van der Waals surface area contributed by atoms with E-state index in [-0.39, 0.29) is 6.04 Å². The van der Waals surface area contributed by atoms with Crippen LogP contribution < -0.4 is 15.4 Å². The van der Waals surface area contributed by atoms with E-state index in [0.717, 1.165) is 16.4 Å². The van der Waals surface area contributed by atoms with E-state index in [2.05, 4.69) is 9.98 Å². The van der Waals surface area contributed by atoms with E-state index in [1.54, 1.807) is 13.3 Å². The summed E-state index contributed by atoms with van der Waals surface area (Å²) in [5.74, 6) is 1.30. The minimum Gasteiger partial charge on any atom is -0.497 e. The molecule has 1 aromatic carbocycles. The Hall–Kier alpha value is -1.79. The second-order valence-corrected chi connectivity index (χ2v) is 5.98. The quantitative estimate of drug-likeness (QED) is 0.947. The standard InChI is InChI=1S/C13H13ClN4OS/c1-19-9-4-2-8(3-5-9)18-10(6-17-13(18)15)12-16-7-11(14)20-12/h2-5,7,10H,6H2,1H3,(H2,15,17). The molecule has 5 nitrogen and oxygen atoms in total. The van der Waals surface area contributed by atoms with Crippen molar-refractivity contribution in [1.29, 1.82) is 0 Å². The first-order chi connectivity index (χ1) is 9.69. The highest BCUT2D eigenvalue weighted by Crippen LogP contribution is 2.34. The molecule has 2 heterocycles. The summed E-state index contributed by atoms with van der Waals surface area (Å²) in [6, 6.07) is 7.70. The van der Waals surface area contributed by atoms with Crippen molar-refractivity contribution < 1.29 is 4.74 Å². The Bertz CT molecular complexity index is 640. The fraction of sp³-hybridized carbons (Fsp3) is 0.231. The Labute approximate surface area is 125 Å². The molecule has 0 radical (unpaired) electrons. The minimum absolute atomic E-state index is 0.000829. The van der Waals surface area contributed by atoms with Crippen molar-refractivity contribution in [2.75, 3.05) is 18.6 Å². The molecule has 1 aromatic heterocycles. The molecular formula is C13H13ClN4OS. The third-order valence-corrected chi connectivity index (χ3v) is 4.33. The van der Waals surface area contributed by atoms with Crippen LogP contribution in [0.15, 0.2) is 35.5 Å². The number of guanidine groups is 1. The molecule has 0 saturated heterocycles. The number of methoxy groups -OCH3 is 1. The lowest BCUT2D eigenvalue weighted by Gasteiger charge is -2.24. The fourth-order valence-corrected chi connectivity index (χ4v) is 3.17. The molecule has 1 atom stereocenters. The highest BCUT2D eigenvalue weighted by Gasteiger charge is 2.31. The largest absolute Gasteiger partial charge is 0.497 e. The predicted molar refractivity (Wildman–Crippen MR) is 81.8 cm³/mol. The van der Waals surface area contributed by atoms with Crippen LogP contribution in [0.1, 0.15) is 11.0 Å². The van der Waals surface area contributed by atoms with Crippen LogP contribution in [0.4, 0.5) is 5.69 Å². The third kappa shape index (κ3) is 2.32. The monoisotopic (exact) mass is 308 g/mol. The second kappa shape index (κ2) is 5.30. The maximum atomic E-state index is 6.00. The lowest BCUT2D eigenvalue weighted by atomic mass is 10.2. The number of rotatable bonds is 3. The lowest BCUT2D eigenvalue weighted by Crippen LogP contribution is -2.36. The maximum Gasteiger partial charge on any atom is 0.196 e. The fourth-order valence-electron chi connectivity index (χ4n) is 2.16. The van der Waals surface area contributed by atoms with Gasteiger partial charge in [-0.1, -0.05) is 11.6 Å². The van der Waals surface area contributed by atoms with Crippen LogP contribution in [0, 0.1) is 0 Å². The first-order valence-corrected chi connectivity index (χ1v) is 7.23. The van der Waals surface area contributed by atoms with Crippen molar-refractivity contribution in [2.45, 2.75) is 6.04 Å². The smallest absolute Gasteiger partial charge is 0.196 e. The SMILES string of the molecule is COc1ccc(N2C(N)=NCC2c2ncc(Cl)s2)cc1. The van der Waals surface area contributed by atoms with Gasteiger partial charge in [0.1, 0.15) is 21.1 Å². The van der Waals surface area contributed by atoms with E-state index < -0.39 is 0 Å². The number of thiazole rings is 1. The molecule has 0 aliphatic carbocycles. The molecule has 0 saturated carbocycles. The summed E-state index contributed by atoms with van der Waals surface area (Å²) in [6.07, 6.45) is 1.66. The van der Waals surface area contributed by atoms with Crippen molar-refractivity contribution in [3.63, 3.8) is 0 Å². The van der Waals surface area contributed by atoms with Gasteiger partial charge in [-0.2, -0.15) is 0 Å². The summed E-state index contributed by atoms with van der Waals surface area (Å²) < 4.78 is 5.83. The molecule has 2 aromatic rings. The number of halogens is 1. The number of aromatic nitrogens is 1. The van der Waals surface area contributed by atoms with Gasteiger partial charge in [-0.25, -0.2) is 4.98 Å². The Balaban J connectivity index is 1.93. The zero-order valence-corrected chi connectivity index (χ0v) is 12.4. The van der Waals surface area contributed by atoms with Crippen LogP contribution in [-0.4, -0.2) is 24.6 Å². The number of nitrogens with zero attached hydrogens (tertiary/aromatic N) is 3. The van der Waals surface area contributed by atoms with Gasteiger partial charge >= 0.3 is 0 Å². The molecule has 0 bridgehead atoms. The molecule has 1 unspecified atom stereocenters. The zero-order valence-electron chi connectivity index (χ0n) is 10.8. The average Bonchev–Trinajstić information content (AvgIpc) is 3.05. The van der Waals surface area contributed by atoms with Crippen LogP contribution in [0.25, 0.3) is 0 Å². The highest BCUT2D eigenvalue weighted by atomic mass is 35.5. The molecule has 2 N–H and O–H groups in total. The molecule has 1 aliphatic rings. The average molecular weight is 309 g/mol. The van der Waals surface area contributed by atoms with Gasteiger partial charge in [0.25, 0.3) is 0 Å². The van der Waals surface area contributed by atoms with Crippen molar-refractivity contribution in [1.82, 2.24) is 4.98 Å². The lowest BCUT2D eigenvalue weighted by molar-refractivity contribution is 0.415. The summed E-state index contributed by atoms with van der Waals surface area (Å²) in [7, 11) is 1.64. The van der Waals surface area contributed by atoms with E-state index in [0.29, 0.717) is 16.8 Å². The molecule has 1 aliphatic heterocycles. The van der Waals surface area contributed by atoms with Crippen LogP contribution in [-0.2, 0) is 0 Å². The summed E-state index contributed by atoms with van der Waals surface area (Å²) >= 11 is 7.41. The van der Waals surface area contributed by atoms with Crippen LogP contribution >= 0.6 is 22.9 Å². The van der Waals surface area contributed by atoms with E-state index in [1.165, 1.54) is 11.3 Å². The number of ether oxygens (including phenoxy) is 1. The number of anilines is 1. The summed E-state index contributed by atoms with van der Waals surface area (Å²) in [4.78, 5) is 10.6. The van der Waals surface area contributed by atoms with Crippen LogP contribution in [0.5, 0.6) is 5.75 Å². The first kappa shape index (κ1) is 13.2. The number of benzene rings is 1. The Morgan fingerprint density at radius 2 is 2.15 bits per heavy atom. The number of nitrogens with two attached hydrogens (primary N) is 1. The Morgan fingerprint density at radius 3 is 2.75 bits per heavy atom. The molecule has 0 fully saturated rings. The first-order valence-electron chi connectivity index (χ1n) is 6.03. The zero-order chi connectivity index (χ0) is 14.1. The number of aliphatic imine (C=N–C) groups is 1. The third-order valence-electron chi connectivity index (χ3n) is 3.12.